The fourth-order valence-corrected chi connectivity index (χ4v) is 3.38. The lowest BCUT2D eigenvalue weighted by Gasteiger charge is -2.09. The van der Waals surface area contributed by atoms with Crippen LogP contribution >= 0.6 is 0 Å². The van der Waals surface area contributed by atoms with E-state index in [-0.39, 0.29) is 23.8 Å². The third kappa shape index (κ3) is 5.43. The maximum Gasteiger partial charge on any atom is 0.325 e. The third-order valence-electron chi connectivity index (χ3n) is 4.31. The Morgan fingerprint density at radius 1 is 1.18 bits per heavy atom. The number of nitrogens with zero attached hydrogens (tertiary/aromatic N) is 1. The van der Waals surface area contributed by atoms with E-state index >= 15 is 0 Å². The van der Waals surface area contributed by atoms with Gasteiger partial charge in [0.1, 0.15) is 6.54 Å². The van der Waals surface area contributed by atoms with Crippen LogP contribution in [0, 0.1) is 13.8 Å². The highest BCUT2D eigenvalue weighted by atomic mass is 32.2. The van der Waals surface area contributed by atoms with Crippen LogP contribution in [0.1, 0.15) is 35.1 Å². The molecule has 1 heterocycles. The number of carbonyl (C=O) groups excluding carboxylic acids is 2. The van der Waals surface area contributed by atoms with Crippen molar-refractivity contribution in [2.24, 2.45) is 5.14 Å². The van der Waals surface area contributed by atoms with Gasteiger partial charge in [-0.1, -0.05) is 6.92 Å². The maximum atomic E-state index is 12.4. The molecule has 28 heavy (non-hydrogen) atoms. The molecule has 0 atom stereocenters. The van der Waals surface area contributed by atoms with E-state index in [4.69, 9.17) is 9.88 Å². The number of primary sulfonamides is 1. The fraction of sp³-hybridized carbons (Fsp3) is 0.368. The first-order valence-electron chi connectivity index (χ1n) is 8.85. The second-order valence-electron chi connectivity index (χ2n) is 6.44. The van der Waals surface area contributed by atoms with Crippen LogP contribution in [0.25, 0.3) is 0 Å². The standard InChI is InChI=1S/C19H25N3O5S/c1-4-9-22-13(2)10-17(14(22)3)18(23)12-27-19(24)11-21-15-5-7-16(8-6-15)28(20,25)26/h5-8,10,21H,4,9,11-12H2,1-3H3,(H2,20,25,26). The van der Waals surface area contributed by atoms with Crippen molar-refractivity contribution in [3.63, 3.8) is 0 Å². The molecule has 0 aliphatic rings. The Bertz CT molecular complexity index is 962. The molecule has 0 aliphatic carbocycles. The number of ketones is 1. The Morgan fingerprint density at radius 3 is 2.39 bits per heavy atom. The summed E-state index contributed by atoms with van der Waals surface area (Å²) in [6.07, 6.45) is 0.961. The Balaban J connectivity index is 1.87. The molecule has 0 bridgehead atoms. The van der Waals surface area contributed by atoms with Gasteiger partial charge in [0.25, 0.3) is 0 Å². The predicted octanol–water partition coefficient (Wildman–Crippen LogP) is 2.00. The van der Waals surface area contributed by atoms with Crippen LogP contribution in [0.3, 0.4) is 0 Å². The van der Waals surface area contributed by atoms with Gasteiger partial charge >= 0.3 is 5.97 Å². The maximum absolute atomic E-state index is 12.4. The Morgan fingerprint density at radius 2 is 1.82 bits per heavy atom. The number of sulfonamides is 1. The molecule has 0 saturated carbocycles. The zero-order chi connectivity index (χ0) is 20.9. The number of esters is 1. The minimum absolute atomic E-state index is 0.0214. The van der Waals surface area contributed by atoms with Crippen molar-refractivity contribution in [2.45, 2.75) is 38.6 Å². The molecule has 3 N–H and O–H groups in total. The Labute approximate surface area is 164 Å². The van der Waals surface area contributed by atoms with Crippen LogP contribution in [0.2, 0.25) is 0 Å². The van der Waals surface area contributed by atoms with Crippen molar-refractivity contribution >= 4 is 27.5 Å². The van der Waals surface area contributed by atoms with Gasteiger partial charge in [0.05, 0.1) is 4.90 Å². The monoisotopic (exact) mass is 407 g/mol. The summed E-state index contributed by atoms with van der Waals surface area (Å²) in [6, 6.07) is 7.45. The molecule has 2 aromatic rings. The normalized spacial score (nSPS) is 11.3. The molecule has 0 aliphatic heterocycles. The smallest absolute Gasteiger partial charge is 0.325 e. The molecule has 0 unspecified atom stereocenters. The van der Waals surface area contributed by atoms with Crippen LogP contribution in [-0.4, -0.2) is 37.9 Å². The molecule has 0 amide bonds. The van der Waals surface area contributed by atoms with Gasteiger partial charge in [-0.15, -0.1) is 0 Å². The van der Waals surface area contributed by atoms with Crippen LogP contribution in [-0.2, 0) is 26.1 Å². The molecule has 0 fully saturated rings. The van der Waals surface area contributed by atoms with Crippen LogP contribution in [0.15, 0.2) is 35.2 Å². The lowest BCUT2D eigenvalue weighted by molar-refractivity contribution is -0.140. The number of rotatable bonds is 9. The molecule has 1 aromatic heterocycles. The molecule has 2 rings (SSSR count). The van der Waals surface area contributed by atoms with Crippen molar-refractivity contribution < 1.29 is 22.7 Å². The second kappa shape index (κ2) is 9.03. The highest BCUT2D eigenvalue weighted by Crippen LogP contribution is 2.16. The summed E-state index contributed by atoms with van der Waals surface area (Å²) >= 11 is 0. The number of anilines is 1. The third-order valence-corrected chi connectivity index (χ3v) is 5.23. The number of aromatic nitrogens is 1. The van der Waals surface area contributed by atoms with E-state index in [0.29, 0.717) is 11.3 Å². The lowest BCUT2D eigenvalue weighted by atomic mass is 10.1. The van der Waals surface area contributed by atoms with Crippen LogP contribution in [0.5, 0.6) is 0 Å². The van der Waals surface area contributed by atoms with E-state index in [1.807, 2.05) is 19.9 Å². The Hall–Kier alpha value is -2.65. The van der Waals surface area contributed by atoms with E-state index in [1.165, 1.54) is 24.3 Å². The summed E-state index contributed by atoms with van der Waals surface area (Å²) < 4.78 is 29.5. The van der Waals surface area contributed by atoms with Gasteiger partial charge in [0.2, 0.25) is 15.8 Å². The predicted molar refractivity (Wildman–Crippen MR) is 106 cm³/mol. The average molecular weight is 407 g/mol. The number of nitrogens with two attached hydrogens (primary N) is 1. The molecule has 0 saturated heterocycles. The number of Topliss-reactive ketones (excluding diaryl/α,β-unsaturated/α-hetero) is 1. The quantitative estimate of drug-likeness (QED) is 0.484. The van der Waals surface area contributed by atoms with E-state index in [2.05, 4.69) is 16.8 Å². The van der Waals surface area contributed by atoms with E-state index in [0.717, 1.165) is 24.4 Å². The average Bonchev–Trinajstić information content (AvgIpc) is 2.92. The first-order chi connectivity index (χ1) is 13.1. The second-order valence-corrected chi connectivity index (χ2v) is 8.00. The number of carbonyl (C=O) groups is 2. The number of hydrogen-bond acceptors (Lipinski definition) is 6. The van der Waals surface area contributed by atoms with Gasteiger partial charge in [0.15, 0.2) is 6.61 Å². The van der Waals surface area contributed by atoms with Gasteiger partial charge in [-0.05, 0) is 50.6 Å². The topological polar surface area (TPSA) is 120 Å². The van der Waals surface area contributed by atoms with Crippen molar-refractivity contribution in [1.82, 2.24) is 4.57 Å². The molecule has 152 valence electrons. The summed E-state index contributed by atoms with van der Waals surface area (Å²) in [6.45, 7) is 6.23. The fourth-order valence-electron chi connectivity index (χ4n) is 2.86. The first kappa shape index (κ1) is 21.6. The van der Waals surface area contributed by atoms with Gasteiger partial charge in [-0.3, -0.25) is 9.59 Å². The largest absolute Gasteiger partial charge is 0.456 e. The molecule has 8 nitrogen and oxygen atoms in total. The van der Waals surface area contributed by atoms with Crippen LogP contribution < -0.4 is 10.5 Å². The van der Waals surface area contributed by atoms with Crippen molar-refractivity contribution in [1.29, 1.82) is 0 Å². The first-order valence-corrected chi connectivity index (χ1v) is 10.4. The summed E-state index contributed by atoms with van der Waals surface area (Å²) in [4.78, 5) is 24.2. The van der Waals surface area contributed by atoms with Gasteiger partial charge < -0.3 is 14.6 Å². The number of aryl methyl sites for hydroxylation is 1. The Kier molecular flexibility index (Phi) is 6.98. The number of benzene rings is 1. The molecule has 9 heteroatoms. The summed E-state index contributed by atoms with van der Waals surface area (Å²) in [7, 11) is -3.76. The minimum atomic E-state index is -3.76. The van der Waals surface area contributed by atoms with Crippen molar-refractivity contribution in [3.05, 3.63) is 47.3 Å². The zero-order valence-corrected chi connectivity index (χ0v) is 17.0. The molecule has 1 aromatic carbocycles. The van der Waals surface area contributed by atoms with Gasteiger partial charge in [-0.2, -0.15) is 0 Å². The summed E-state index contributed by atoms with van der Waals surface area (Å²) in [5, 5.41) is 7.83. The zero-order valence-electron chi connectivity index (χ0n) is 16.2. The number of hydrogen-bond donors (Lipinski definition) is 2. The molecule has 0 spiro atoms. The minimum Gasteiger partial charge on any atom is -0.456 e. The van der Waals surface area contributed by atoms with Gasteiger partial charge in [-0.25, -0.2) is 13.6 Å². The number of ether oxygens (including phenoxy) is 1. The molecular formula is C19H25N3O5S. The molecule has 0 radical (unpaired) electrons. The van der Waals surface area contributed by atoms with Gasteiger partial charge in [0, 0.05) is 29.2 Å². The highest BCUT2D eigenvalue weighted by Gasteiger charge is 2.17. The SMILES string of the molecule is CCCn1c(C)cc(C(=O)COC(=O)CNc2ccc(S(N)(=O)=O)cc2)c1C. The van der Waals surface area contributed by atoms with E-state index in [9.17, 15) is 18.0 Å². The summed E-state index contributed by atoms with van der Waals surface area (Å²) in [5.41, 5.74) is 2.95. The summed E-state index contributed by atoms with van der Waals surface area (Å²) in [5.74, 6) is -0.840. The van der Waals surface area contributed by atoms with Crippen molar-refractivity contribution in [2.75, 3.05) is 18.5 Å². The van der Waals surface area contributed by atoms with E-state index < -0.39 is 16.0 Å². The highest BCUT2D eigenvalue weighted by molar-refractivity contribution is 7.89. The van der Waals surface area contributed by atoms with Crippen molar-refractivity contribution in [3.8, 4) is 0 Å². The molecular weight excluding hydrogens is 382 g/mol. The van der Waals surface area contributed by atoms with Crippen LogP contribution in [0.4, 0.5) is 5.69 Å². The number of nitrogens with one attached hydrogen (secondary N) is 1. The lowest BCUT2D eigenvalue weighted by Crippen LogP contribution is -2.21. The van der Waals surface area contributed by atoms with E-state index in [1.54, 1.807) is 0 Å².